The largest absolute Gasteiger partial charge is 0.427 e. The van der Waals surface area contributed by atoms with Crippen molar-refractivity contribution < 1.29 is 19.4 Å². The Morgan fingerprint density at radius 1 is 1.27 bits per heavy atom. The summed E-state index contributed by atoms with van der Waals surface area (Å²) < 4.78 is 4.92. The summed E-state index contributed by atoms with van der Waals surface area (Å²) in [5.41, 5.74) is 0.397. The van der Waals surface area contributed by atoms with Gasteiger partial charge in [0.25, 0.3) is 0 Å². The molecule has 0 radical (unpaired) electrons. The average Bonchev–Trinajstić information content (AvgIpc) is 2.29. The van der Waals surface area contributed by atoms with Gasteiger partial charge in [0.05, 0.1) is 0 Å². The van der Waals surface area contributed by atoms with Gasteiger partial charge in [-0.2, -0.15) is 0 Å². The van der Waals surface area contributed by atoms with Crippen molar-refractivity contribution in [2.24, 2.45) is 0 Å². The molecule has 0 bridgehead atoms. The highest BCUT2D eigenvalue weighted by Gasteiger charge is 2.05. The molecule has 15 heavy (non-hydrogen) atoms. The van der Waals surface area contributed by atoms with Gasteiger partial charge in [-0.1, -0.05) is 6.92 Å². The predicted molar refractivity (Wildman–Crippen MR) is 53.8 cm³/mol. The van der Waals surface area contributed by atoms with Crippen LogP contribution in [0.1, 0.15) is 23.7 Å². The number of carbonyl (C=O) groups is 2. The Hall–Kier alpha value is -1.68. The SMILES string of the molecule is CCC(=O)Oc1ccc(C(=O)CO)cc1. The Labute approximate surface area is 87.5 Å². The van der Waals surface area contributed by atoms with Crippen molar-refractivity contribution in [3.8, 4) is 5.75 Å². The maximum atomic E-state index is 11.0. The lowest BCUT2D eigenvalue weighted by molar-refractivity contribution is -0.134. The van der Waals surface area contributed by atoms with Crippen LogP contribution in [0.4, 0.5) is 0 Å². The first-order chi connectivity index (χ1) is 7.17. The summed E-state index contributed by atoms with van der Waals surface area (Å²) in [6, 6.07) is 6.07. The molecular formula is C11H12O4. The molecule has 0 aromatic heterocycles. The van der Waals surface area contributed by atoms with Crippen molar-refractivity contribution in [3.05, 3.63) is 29.8 Å². The number of esters is 1. The number of aliphatic hydroxyl groups is 1. The Kier molecular flexibility index (Phi) is 4.00. The number of ketones is 1. The molecule has 0 spiro atoms. The van der Waals surface area contributed by atoms with Crippen molar-refractivity contribution in [3.63, 3.8) is 0 Å². The molecule has 0 aliphatic rings. The second-order valence-electron chi connectivity index (χ2n) is 2.93. The normalized spacial score (nSPS) is 9.73. The fraction of sp³-hybridized carbons (Fsp3) is 0.273. The van der Waals surface area contributed by atoms with E-state index in [2.05, 4.69) is 0 Å². The Morgan fingerprint density at radius 3 is 2.33 bits per heavy atom. The molecule has 0 saturated carbocycles. The van der Waals surface area contributed by atoms with Crippen LogP contribution in [0.2, 0.25) is 0 Å². The molecule has 1 aromatic carbocycles. The van der Waals surface area contributed by atoms with Gasteiger partial charge in [0.15, 0.2) is 5.78 Å². The number of benzene rings is 1. The molecule has 1 aromatic rings. The smallest absolute Gasteiger partial charge is 0.310 e. The molecule has 0 aliphatic heterocycles. The minimum absolute atomic E-state index is 0.303. The zero-order chi connectivity index (χ0) is 11.3. The van der Waals surface area contributed by atoms with Crippen molar-refractivity contribution in [1.82, 2.24) is 0 Å². The third-order valence-electron chi connectivity index (χ3n) is 1.84. The van der Waals surface area contributed by atoms with Gasteiger partial charge in [-0.15, -0.1) is 0 Å². The van der Waals surface area contributed by atoms with Crippen LogP contribution in [0.5, 0.6) is 5.75 Å². The molecule has 0 atom stereocenters. The van der Waals surface area contributed by atoms with Crippen molar-refractivity contribution in [1.29, 1.82) is 0 Å². The highest BCUT2D eigenvalue weighted by atomic mass is 16.5. The zero-order valence-corrected chi connectivity index (χ0v) is 8.40. The second kappa shape index (κ2) is 5.26. The van der Waals surface area contributed by atoms with Crippen LogP contribution < -0.4 is 4.74 Å². The van der Waals surface area contributed by atoms with Crippen LogP contribution >= 0.6 is 0 Å². The van der Waals surface area contributed by atoms with Crippen LogP contribution in [0.3, 0.4) is 0 Å². The first-order valence-corrected chi connectivity index (χ1v) is 4.62. The lowest BCUT2D eigenvalue weighted by Crippen LogP contribution is -2.07. The average molecular weight is 208 g/mol. The quantitative estimate of drug-likeness (QED) is 0.458. The third-order valence-corrected chi connectivity index (χ3v) is 1.84. The van der Waals surface area contributed by atoms with Crippen LogP contribution in [0.25, 0.3) is 0 Å². The van der Waals surface area contributed by atoms with Crippen LogP contribution in [-0.2, 0) is 4.79 Å². The molecule has 0 amide bonds. The highest BCUT2D eigenvalue weighted by Crippen LogP contribution is 2.13. The number of aliphatic hydroxyl groups excluding tert-OH is 1. The predicted octanol–water partition coefficient (Wildman–Crippen LogP) is 1.18. The van der Waals surface area contributed by atoms with E-state index in [0.29, 0.717) is 17.7 Å². The molecule has 0 saturated heterocycles. The van der Waals surface area contributed by atoms with E-state index in [1.165, 1.54) is 24.3 Å². The summed E-state index contributed by atoms with van der Waals surface area (Å²) in [4.78, 5) is 22.0. The summed E-state index contributed by atoms with van der Waals surface area (Å²) in [5, 5.41) is 8.61. The molecule has 1 rings (SSSR count). The number of hydrogen-bond donors (Lipinski definition) is 1. The molecule has 4 nitrogen and oxygen atoms in total. The maximum Gasteiger partial charge on any atom is 0.310 e. The van der Waals surface area contributed by atoms with Gasteiger partial charge < -0.3 is 9.84 Å². The molecule has 0 fully saturated rings. The minimum atomic E-state index is -0.520. The van der Waals surface area contributed by atoms with E-state index in [0.717, 1.165) is 0 Å². The van der Waals surface area contributed by atoms with Crippen molar-refractivity contribution >= 4 is 11.8 Å². The minimum Gasteiger partial charge on any atom is -0.427 e. The maximum absolute atomic E-state index is 11.0. The fourth-order valence-electron chi connectivity index (χ4n) is 1.00. The third kappa shape index (κ3) is 3.18. The van der Waals surface area contributed by atoms with Crippen molar-refractivity contribution in [2.75, 3.05) is 6.61 Å². The standard InChI is InChI=1S/C11H12O4/c1-2-11(14)15-9-5-3-8(4-6-9)10(13)7-12/h3-6,12H,2,7H2,1H3. The van der Waals surface area contributed by atoms with E-state index < -0.39 is 6.61 Å². The van der Waals surface area contributed by atoms with Gasteiger partial charge >= 0.3 is 5.97 Å². The fourth-order valence-corrected chi connectivity index (χ4v) is 1.00. The van der Waals surface area contributed by atoms with Crippen LogP contribution in [0, 0.1) is 0 Å². The van der Waals surface area contributed by atoms with Gasteiger partial charge in [0, 0.05) is 12.0 Å². The van der Waals surface area contributed by atoms with Gasteiger partial charge in [0.1, 0.15) is 12.4 Å². The topological polar surface area (TPSA) is 63.6 Å². The number of rotatable bonds is 4. The van der Waals surface area contributed by atoms with Crippen LogP contribution in [0.15, 0.2) is 24.3 Å². The lowest BCUT2D eigenvalue weighted by atomic mass is 10.1. The Morgan fingerprint density at radius 2 is 1.87 bits per heavy atom. The zero-order valence-electron chi connectivity index (χ0n) is 8.40. The van der Waals surface area contributed by atoms with Gasteiger partial charge in [-0.25, -0.2) is 0 Å². The Balaban J connectivity index is 2.72. The van der Waals surface area contributed by atoms with E-state index in [4.69, 9.17) is 9.84 Å². The van der Waals surface area contributed by atoms with E-state index in [-0.39, 0.29) is 11.8 Å². The first-order valence-electron chi connectivity index (χ1n) is 4.62. The molecule has 0 aliphatic carbocycles. The summed E-state index contributed by atoms with van der Waals surface area (Å²) in [7, 11) is 0. The molecule has 1 N–H and O–H groups in total. The Bertz CT molecular complexity index is 353. The van der Waals surface area contributed by atoms with E-state index in [1.54, 1.807) is 6.92 Å². The molecule has 80 valence electrons. The van der Waals surface area contributed by atoms with E-state index in [9.17, 15) is 9.59 Å². The first kappa shape index (κ1) is 11.4. The molecule has 0 heterocycles. The molecular weight excluding hydrogens is 196 g/mol. The van der Waals surface area contributed by atoms with E-state index >= 15 is 0 Å². The van der Waals surface area contributed by atoms with Crippen molar-refractivity contribution in [2.45, 2.75) is 13.3 Å². The van der Waals surface area contributed by atoms with Crippen LogP contribution in [-0.4, -0.2) is 23.5 Å². The highest BCUT2D eigenvalue weighted by molar-refractivity contribution is 5.97. The molecule has 0 unspecified atom stereocenters. The van der Waals surface area contributed by atoms with Gasteiger partial charge in [-0.3, -0.25) is 9.59 Å². The number of ether oxygens (including phenoxy) is 1. The number of Topliss-reactive ketones (excluding diaryl/α,β-unsaturated/α-hetero) is 1. The van der Waals surface area contributed by atoms with E-state index in [1.807, 2.05) is 0 Å². The summed E-state index contributed by atoms with van der Waals surface area (Å²) in [6.45, 7) is 1.18. The summed E-state index contributed by atoms with van der Waals surface area (Å²) in [5.74, 6) is -0.282. The lowest BCUT2D eigenvalue weighted by Gasteiger charge is -2.03. The second-order valence-corrected chi connectivity index (χ2v) is 2.93. The van der Waals surface area contributed by atoms with Gasteiger partial charge in [-0.05, 0) is 24.3 Å². The van der Waals surface area contributed by atoms with Gasteiger partial charge in [0.2, 0.25) is 0 Å². The summed E-state index contributed by atoms with van der Waals surface area (Å²) in [6.07, 6.45) is 0.303. The molecule has 4 heteroatoms. The number of carbonyl (C=O) groups excluding carboxylic acids is 2. The monoisotopic (exact) mass is 208 g/mol. The summed E-state index contributed by atoms with van der Waals surface area (Å²) >= 11 is 0. The number of hydrogen-bond acceptors (Lipinski definition) is 4.